The van der Waals surface area contributed by atoms with Gasteiger partial charge in [-0.15, -0.1) is 0 Å². The van der Waals surface area contributed by atoms with Gasteiger partial charge in [0.15, 0.2) is 5.71 Å². The minimum atomic E-state index is 0.248. The number of nitrogens with one attached hydrogen (secondary N) is 1. The quantitative estimate of drug-likeness (QED) is 0.572. The maximum atomic E-state index is 9.46. The largest absolute Gasteiger partial charge is 0.378 e. The molecule has 2 aromatic carbocycles. The van der Waals surface area contributed by atoms with Crippen LogP contribution in [-0.4, -0.2) is 37.0 Å². The molecule has 1 fully saturated rings. The third kappa shape index (κ3) is 3.89. The van der Waals surface area contributed by atoms with E-state index in [0.29, 0.717) is 5.69 Å². The van der Waals surface area contributed by atoms with Crippen molar-refractivity contribution in [2.75, 3.05) is 36.6 Å². The van der Waals surface area contributed by atoms with E-state index in [4.69, 9.17) is 4.74 Å². The molecule has 0 aliphatic carbocycles. The van der Waals surface area contributed by atoms with Crippen molar-refractivity contribution in [1.29, 1.82) is 5.26 Å². The van der Waals surface area contributed by atoms with E-state index in [1.165, 1.54) is 0 Å². The number of hydrogen-bond acceptors (Lipinski definition) is 6. The molecule has 27 heavy (non-hydrogen) atoms. The van der Waals surface area contributed by atoms with Crippen LogP contribution >= 0.6 is 0 Å². The summed E-state index contributed by atoms with van der Waals surface area (Å²) in [5.74, 6) is 0. The van der Waals surface area contributed by atoms with Gasteiger partial charge in [-0.2, -0.15) is 10.4 Å². The van der Waals surface area contributed by atoms with Gasteiger partial charge < -0.3 is 9.64 Å². The van der Waals surface area contributed by atoms with Gasteiger partial charge in [-0.25, -0.2) is 4.98 Å². The molecule has 0 radical (unpaired) electrons. The van der Waals surface area contributed by atoms with Crippen molar-refractivity contribution in [3.8, 4) is 6.07 Å². The first-order valence-corrected chi connectivity index (χ1v) is 8.86. The zero-order chi connectivity index (χ0) is 18.5. The maximum absolute atomic E-state index is 9.46. The molecule has 1 aliphatic rings. The highest BCUT2D eigenvalue weighted by Crippen LogP contribution is 2.19. The van der Waals surface area contributed by atoms with Gasteiger partial charge in [-0.05, 0) is 36.4 Å². The summed E-state index contributed by atoms with van der Waals surface area (Å²) in [5, 5.41) is 14.7. The lowest BCUT2D eigenvalue weighted by atomic mass is 10.2. The van der Waals surface area contributed by atoms with Gasteiger partial charge >= 0.3 is 0 Å². The SMILES string of the molecule is N#C/C(=N/Nc1ccc(N2CCOCC2)cc1)c1ccc2ccccc2n1. The number of fused-ring (bicyclic) bond motifs is 1. The first kappa shape index (κ1) is 17.0. The van der Waals surface area contributed by atoms with Gasteiger partial charge in [-0.1, -0.05) is 24.3 Å². The van der Waals surface area contributed by atoms with Gasteiger partial charge in [0.05, 0.1) is 24.4 Å². The van der Waals surface area contributed by atoms with Crippen LogP contribution in [0.1, 0.15) is 5.69 Å². The van der Waals surface area contributed by atoms with Crippen molar-refractivity contribution in [2.45, 2.75) is 0 Å². The molecule has 0 bridgehead atoms. The molecule has 1 saturated heterocycles. The summed E-state index contributed by atoms with van der Waals surface area (Å²) < 4.78 is 5.38. The second-order valence-corrected chi connectivity index (χ2v) is 6.22. The van der Waals surface area contributed by atoms with E-state index in [1.54, 1.807) is 0 Å². The number of nitriles is 1. The molecule has 1 N–H and O–H groups in total. The normalized spacial score (nSPS) is 14.8. The van der Waals surface area contributed by atoms with Crippen LogP contribution in [-0.2, 0) is 4.74 Å². The Bertz CT molecular complexity index is 1000. The van der Waals surface area contributed by atoms with E-state index in [2.05, 4.69) is 26.5 Å². The number of nitrogens with zero attached hydrogens (tertiary/aromatic N) is 4. The molecule has 0 unspecified atom stereocenters. The molecule has 6 heteroatoms. The van der Waals surface area contributed by atoms with Gasteiger partial charge in [0.1, 0.15) is 11.8 Å². The van der Waals surface area contributed by atoms with Gasteiger partial charge in [0.25, 0.3) is 0 Å². The summed E-state index contributed by atoms with van der Waals surface area (Å²) in [7, 11) is 0. The number of para-hydroxylation sites is 1. The summed E-state index contributed by atoms with van der Waals surface area (Å²) in [6, 6.07) is 21.7. The number of hydrazone groups is 1. The lowest BCUT2D eigenvalue weighted by Gasteiger charge is -2.28. The minimum absolute atomic E-state index is 0.248. The zero-order valence-electron chi connectivity index (χ0n) is 14.8. The molecule has 3 aromatic rings. The molecule has 1 aromatic heterocycles. The Balaban J connectivity index is 1.50. The number of aromatic nitrogens is 1. The lowest BCUT2D eigenvalue weighted by Crippen LogP contribution is -2.36. The Morgan fingerprint density at radius 2 is 1.81 bits per heavy atom. The Morgan fingerprint density at radius 1 is 1.04 bits per heavy atom. The molecule has 0 amide bonds. The Morgan fingerprint density at radius 3 is 2.59 bits per heavy atom. The van der Waals surface area contributed by atoms with E-state index in [0.717, 1.165) is 48.6 Å². The number of rotatable bonds is 4. The summed E-state index contributed by atoms with van der Waals surface area (Å²) in [6.45, 7) is 3.32. The van der Waals surface area contributed by atoms with Crippen LogP contribution in [0.15, 0.2) is 65.8 Å². The van der Waals surface area contributed by atoms with Crippen LogP contribution in [0.4, 0.5) is 11.4 Å². The second-order valence-electron chi connectivity index (χ2n) is 6.22. The van der Waals surface area contributed by atoms with E-state index in [9.17, 15) is 5.26 Å². The fourth-order valence-corrected chi connectivity index (χ4v) is 3.03. The van der Waals surface area contributed by atoms with Crippen molar-refractivity contribution in [3.63, 3.8) is 0 Å². The fourth-order valence-electron chi connectivity index (χ4n) is 3.03. The standard InChI is InChI=1S/C21H19N5O/c22-15-21(20-10-5-16-3-1-2-4-19(16)23-20)25-24-17-6-8-18(9-7-17)26-11-13-27-14-12-26/h1-10,24H,11-14H2/b25-21-. The number of morpholine rings is 1. The molecular formula is C21H19N5O. The minimum Gasteiger partial charge on any atom is -0.378 e. The van der Waals surface area contributed by atoms with Crippen molar-refractivity contribution in [1.82, 2.24) is 4.98 Å². The average molecular weight is 357 g/mol. The van der Waals surface area contributed by atoms with E-state index >= 15 is 0 Å². The Kier molecular flexibility index (Phi) is 4.95. The third-order valence-corrected chi connectivity index (χ3v) is 4.49. The molecule has 0 saturated carbocycles. The van der Waals surface area contributed by atoms with Gasteiger partial charge in [0, 0.05) is 24.2 Å². The van der Waals surface area contributed by atoms with Crippen LogP contribution in [0.5, 0.6) is 0 Å². The predicted octanol–water partition coefficient (Wildman–Crippen LogP) is 3.41. The third-order valence-electron chi connectivity index (χ3n) is 4.49. The van der Waals surface area contributed by atoms with E-state index < -0.39 is 0 Å². The molecule has 4 rings (SSSR count). The summed E-state index contributed by atoms with van der Waals surface area (Å²) >= 11 is 0. The monoisotopic (exact) mass is 357 g/mol. The van der Waals surface area contributed by atoms with Crippen LogP contribution in [0.2, 0.25) is 0 Å². The number of hydrogen-bond donors (Lipinski definition) is 1. The first-order chi connectivity index (χ1) is 13.3. The van der Waals surface area contributed by atoms with Crippen LogP contribution in [0.3, 0.4) is 0 Å². The summed E-state index contributed by atoms with van der Waals surface area (Å²) in [5.41, 5.74) is 6.57. The summed E-state index contributed by atoms with van der Waals surface area (Å²) in [6.07, 6.45) is 0. The molecule has 1 aliphatic heterocycles. The lowest BCUT2D eigenvalue weighted by molar-refractivity contribution is 0.122. The number of ether oxygens (including phenoxy) is 1. The fraction of sp³-hybridized carbons (Fsp3) is 0.190. The number of anilines is 2. The highest BCUT2D eigenvalue weighted by molar-refractivity contribution is 6.11. The highest BCUT2D eigenvalue weighted by Gasteiger charge is 2.11. The maximum Gasteiger partial charge on any atom is 0.186 e. The molecule has 0 atom stereocenters. The molecule has 134 valence electrons. The molecule has 2 heterocycles. The van der Waals surface area contributed by atoms with E-state index in [1.807, 2.05) is 60.7 Å². The topological polar surface area (TPSA) is 73.5 Å². The van der Waals surface area contributed by atoms with Gasteiger partial charge in [-0.3, -0.25) is 5.43 Å². The second kappa shape index (κ2) is 7.85. The van der Waals surface area contributed by atoms with Crippen LogP contribution in [0.25, 0.3) is 10.9 Å². The van der Waals surface area contributed by atoms with Crippen molar-refractivity contribution < 1.29 is 4.74 Å². The molecule has 6 nitrogen and oxygen atoms in total. The predicted molar refractivity (Wildman–Crippen MR) is 107 cm³/mol. The van der Waals surface area contributed by atoms with Crippen molar-refractivity contribution in [3.05, 3.63) is 66.4 Å². The van der Waals surface area contributed by atoms with Crippen LogP contribution < -0.4 is 10.3 Å². The average Bonchev–Trinajstić information content (AvgIpc) is 2.75. The smallest absolute Gasteiger partial charge is 0.186 e. The first-order valence-electron chi connectivity index (χ1n) is 8.86. The number of benzene rings is 2. The van der Waals surface area contributed by atoms with Crippen molar-refractivity contribution in [2.24, 2.45) is 5.10 Å². The molecular weight excluding hydrogens is 338 g/mol. The molecule has 0 spiro atoms. The zero-order valence-corrected chi connectivity index (χ0v) is 14.8. The Hall–Kier alpha value is -3.43. The van der Waals surface area contributed by atoms with E-state index in [-0.39, 0.29) is 5.71 Å². The highest BCUT2D eigenvalue weighted by atomic mass is 16.5. The number of pyridine rings is 1. The van der Waals surface area contributed by atoms with Gasteiger partial charge in [0.2, 0.25) is 0 Å². The Labute approximate surface area is 157 Å². The van der Waals surface area contributed by atoms with Crippen molar-refractivity contribution >= 4 is 28.0 Å². The van der Waals surface area contributed by atoms with Crippen LogP contribution in [0, 0.1) is 11.3 Å². The summed E-state index contributed by atoms with van der Waals surface area (Å²) in [4.78, 5) is 6.81.